The molecule has 0 aromatic rings. The van der Waals surface area contributed by atoms with Crippen LogP contribution in [0.25, 0.3) is 0 Å². The van der Waals surface area contributed by atoms with E-state index in [0.29, 0.717) is 0 Å². The first kappa shape index (κ1) is 13.3. The smallest absolute Gasteiger partial charge is 0.0480 e. The summed E-state index contributed by atoms with van der Waals surface area (Å²) in [6, 6.07) is 2.27. The third kappa shape index (κ3) is 3.67. The highest BCUT2D eigenvalue weighted by Crippen LogP contribution is 2.24. The highest BCUT2D eigenvalue weighted by molar-refractivity contribution is 4.87. The number of hydrogen-bond acceptors (Lipinski definition) is 3. The monoisotopic (exact) mass is 240 g/mol. The van der Waals surface area contributed by atoms with Crippen molar-refractivity contribution < 1.29 is 4.74 Å². The molecule has 2 rings (SSSR count). The van der Waals surface area contributed by atoms with E-state index in [9.17, 15) is 0 Å². The average Bonchev–Trinajstić information content (AvgIpc) is 2.37. The van der Waals surface area contributed by atoms with Gasteiger partial charge in [0.15, 0.2) is 0 Å². The molecule has 2 heterocycles. The minimum Gasteiger partial charge on any atom is -0.381 e. The number of hydrogen-bond donors (Lipinski definition) is 1. The van der Waals surface area contributed by atoms with Crippen molar-refractivity contribution in [3.63, 3.8) is 0 Å². The molecule has 0 spiro atoms. The van der Waals surface area contributed by atoms with Crippen LogP contribution in [0.3, 0.4) is 0 Å². The van der Waals surface area contributed by atoms with Crippen molar-refractivity contribution in [2.24, 2.45) is 0 Å². The van der Waals surface area contributed by atoms with Gasteiger partial charge < -0.3 is 10.1 Å². The minimum atomic E-state index is 0.737. The van der Waals surface area contributed by atoms with Crippen molar-refractivity contribution >= 4 is 0 Å². The molecule has 0 bridgehead atoms. The fourth-order valence-electron chi connectivity index (χ4n) is 3.28. The minimum absolute atomic E-state index is 0.737. The number of piperidine rings is 1. The summed E-state index contributed by atoms with van der Waals surface area (Å²) in [6.07, 6.45) is 6.35. The average molecular weight is 240 g/mol. The van der Waals surface area contributed by atoms with Gasteiger partial charge in [0.05, 0.1) is 0 Å². The van der Waals surface area contributed by atoms with Crippen LogP contribution in [-0.4, -0.2) is 49.3 Å². The van der Waals surface area contributed by atoms with Crippen LogP contribution >= 0.6 is 0 Å². The van der Waals surface area contributed by atoms with Crippen molar-refractivity contribution in [1.82, 2.24) is 10.2 Å². The summed E-state index contributed by atoms with van der Waals surface area (Å²) in [5.41, 5.74) is 0. The second-order valence-electron chi connectivity index (χ2n) is 5.61. The molecule has 17 heavy (non-hydrogen) atoms. The third-order valence-electron chi connectivity index (χ3n) is 4.27. The first-order valence-corrected chi connectivity index (χ1v) is 7.38. The topological polar surface area (TPSA) is 24.5 Å². The molecule has 1 N–H and O–H groups in total. The predicted octanol–water partition coefficient (Wildman–Crippen LogP) is 2.02. The van der Waals surface area contributed by atoms with Crippen LogP contribution in [0.2, 0.25) is 0 Å². The lowest BCUT2D eigenvalue weighted by Gasteiger charge is -2.44. The van der Waals surface area contributed by atoms with E-state index in [1.165, 1.54) is 45.2 Å². The molecule has 2 aliphatic heterocycles. The number of likely N-dealkylation sites (tertiary alicyclic amines) is 1. The zero-order valence-electron chi connectivity index (χ0n) is 11.5. The van der Waals surface area contributed by atoms with Crippen LogP contribution in [-0.2, 0) is 4.74 Å². The highest BCUT2D eigenvalue weighted by Gasteiger charge is 2.30. The van der Waals surface area contributed by atoms with Crippen LogP contribution in [0.5, 0.6) is 0 Å². The van der Waals surface area contributed by atoms with Crippen LogP contribution < -0.4 is 5.32 Å². The summed E-state index contributed by atoms with van der Waals surface area (Å²) < 4.78 is 5.46. The molecular weight excluding hydrogens is 212 g/mol. The Labute approximate surface area is 106 Å². The first-order chi connectivity index (χ1) is 8.31. The Hall–Kier alpha value is -0.120. The normalized spacial score (nSPS) is 32.8. The van der Waals surface area contributed by atoms with Gasteiger partial charge in [0.1, 0.15) is 0 Å². The molecule has 2 fully saturated rings. The molecule has 2 atom stereocenters. The lowest BCUT2D eigenvalue weighted by atomic mass is 9.94. The Morgan fingerprint density at radius 2 is 2.00 bits per heavy atom. The van der Waals surface area contributed by atoms with E-state index in [4.69, 9.17) is 4.74 Å². The molecule has 2 aliphatic rings. The highest BCUT2D eigenvalue weighted by atomic mass is 16.5. The molecule has 0 amide bonds. The second kappa shape index (κ2) is 6.72. The molecule has 100 valence electrons. The molecule has 0 aliphatic carbocycles. The first-order valence-electron chi connectivity index (χ1n) is 7.38. The Balaban J connectivity index is 1.78. The van der Waals surface area contributed by atoms with Crippen LogP contribution in [0, 0.1) is 0 Å². The van der Waals surface area contributed by atoms with E-state index < -0.39 is 0 Å². The van der Waals surface area contributed by atoms with Gasteiger partial charge in [-0.25, -0.2) is 0 Å². The van der Waals surface area contributed by atoms with E-state index in [-0.39, 0.29) is 0 Å². The summed E-state index contributed by atoms with van der Waals surface area (Å²) >= 11 is 0. The van der Waals surface area contributed by atoms with E-state index in [1.54, 1.807) is 0 Å². The fourth-order valence-corrected chi connectivity index (χ4v) is 3.28. The van der Waals surface area contributed by atoms with E-state index in [2.05, 4.69) is 24.1 Å². The zero-order chi connectivity index (χ0) is 12.1. The van der Waals surface area contributed by atoms with Gasteiger partial charge in [-0.1, -0.05) is 6.92 Å². The summed E-state index contributed by atoms with van der Waals surface area (Å²) in [5.74, 6) is 0. The summed E-state index contributed by atoms with van der Waals surface area (Å²) in [6.45, 7) is 9.02. The lowest BCUT2D eigenvalue weighted by Crippen LogP contribution is -2.52. The van der Waals surface area contributed by atoms with Gasteiger partial charge in [-0.05, 0) is 45.6 Å². The molecular formula is C14H28N2O. The molecule has 3 heteroatoms. The van der Waals surface area contributed by atoms with Crippen molar-refractivity contribution in [2.75, 3.05) is 26.3 Å². The maximum Gasteiger partial charge on any atom is 0.0480 e. The Morgan fingerprint density at radius 3 is 2.65 bits per heavy atom. The molecule has 0 radical (unpaired) electrons. The molecule has 0 saturated carbocycles. The largest absolute Gasteiger partial charge is 0.381 e. The zero-order valence-corrected chi connectivity index (χ0v) is 11.5. The van der Waals surface area contributed by atoms with Crippen molar-refractivity contribution in [1.29, 1.82) is 0 Å². The second-order valence-corrected chi connectivity index (χ2v) is 5.61. The van der Waals surface area contributed by atoms with Gasteiger partial charge in [-0.2, -0.15) is 0 Å². The van der Waals surface area contributed by atoms with E-state index in [0.717, 1.165) is 31.3 Å². The molecule has 2 unspecified atom stereocenters. The molecule has 0 aromatic heterocycles. The number of rotatable bonds is 4. The molecule has 3 nitrogen and oxygen atoms in total. The maximum atomic E-state index is 5.46. The van der Waals surface area contributed by atoms with Crippen LogP contribution in [0.4, 0.5) is 0 Å². The standard InChI is InChI=1S/C14H28N2O/c1-3-7-15-13-4-8-16(12(2)11-13)14-5-9-17-10-6-14/h12-15H,3-11H2,1-2H3. The number of nitrogens with one attached hydrogen (secondary N) is 1. The van der Waals surface area contributed by atoms with Crippen LogP contribution in [0.15, 0.2) is 0 Å². The Morgan fingerprint density at radius 1 is 1.24 bits per heavy atom. The van der Waals surface area contributed by atoms with Gasteiger partial charge in [-0.15, -0.1) is 0 Å². The quantitative estimate of drug-likeness (QED) is 0.813. The lowest BCUT2D eigenvalue weighted by molar-refractivity contribution is 0.00382. The number of nitrogens with zero attached hydrogens (tertiary/aromatic N) is 1. The fraction of sp³-hybridized carbons (Fsp3) is 1.00. The summed E-state index contributed by atoms with van der Waals surface area (Å²) in [5, 5.41) is 3.67. The van der Waals surface area contributed by atoms with Gasteiger partial charge in [0.2, 0.25) is 0 Å². The number of ether oxygens (including phenoxy) is 1. The Kier molecular flexibility index (Phi) is 5.26. The van der Waals surface area contributed by atoms with Crippen molar-refractivity contribution in [3.8, 4) is 0 Å². The molecule has 0 aromatic carbocycles. The molecule has 2 saturated heterocycles. The predicted molar refractivity (Wildman–Crippen MR) is 71.3 cm³/mol. The van der Waals surface area contributed by atoms with Crippen molar-refractivity contribution in [3.05, 3.63) is 0 Å². The van der Waals surface area contributed by atoms with Gasteiger partial charge >= 0.3 is 0 Å². The van der Waals surface area contributed by atoms with Gasteiger partial charge in [-0.3, -0.25) is 4.90 Å². The van der Waals surface area contributed by atoms with Crippen molar-refractivity contribution in [2.45, 2.75) is 64.1 Å². The maximum absolute atomic E-state index is 5.46. The summed E-state index contributed by atoms with van der Waals surface area (Å²) in [4.78, 5) is 2.73. The SMILES string of the molecule is CCCNC1CCN(C2CCOCC2)C(C)C1. The van der Waals surface area contributed by atoms with E-state index >= 15 is 0 Å². The van der Waals surface area contributed by atoms with Gasteiger partial charge in [0, 0.05) is 37.9 Å². The Bertz CT molecular complexity index is 216. The van der Waals surface area contributed by atoms with Gasteiger partial charge in [0.25, 0.3) is 0 Å². The van der Waals surface area contributed by atoms with E-state index in [1.807, 2.05) is 0 Å². The summed E-state index contributed by atoms with van der Waals surface area (Å²) in [7, 11) is 0. The van der Waals surface area contributed by atoms with Crippen LogP contribution in [0.1, 0.15) is 46.0 Å². The third-order valence-corrected chi connectivity index (χ3v) is 4.27.